The Kier molecular flexibility index (Phi) is 4.73. The molecule has 0 fully saturated rings. The van der Waals surface area contributed by atoms with Crippen molar-refractivity contribution in [2.75, 3.05) is 24.4 Å². The van der Waals surface area contributed by atoms with Gasteiger partial charge in [-0.2, -0.15) is 0 Å². The number of aromatic hydroxyl groups is 1. The van der Waals surface area contributed by atoms with Gasteiger partial charge in [0.1, 0.15) is 28.0 Å². The number of phenols is 1. The minimum absolute atomic E-state index is 0.0814. The van der Waals surface area contributed by atoms with Crippen LogP contribution < -0.4 is 19.7 Å². The smallest absolute Gasteiger partial charge is 0.283 e. The molecule has 0 atom stereocenters. The molecular weight excluding hydrogens is 360 g/mol. The Morgan fingerprint density at radius 2 is 1.77 bits per heavy atom. The molecule has 2 aromatic carbocycles. The molecule has 3 rings (SSSR count). The summed E-state index contributed by atoms with van der Waals surface area (Å²) < 4.78 is 10.4. The molecule has 0 unspecified atom stereocenters. The van der Waals surface area contributed by atoms with Crippen molar-refractivity contribution in [1.82, 2.24) is 0 Å². The van der Waals surface area contributed by atoms with E-state index in [4.69, 9.17) is 21.1 Å². The van der Waals surface area contributed by atoms with Crippen molar-refractivity contribution in [3.05, 3.63) is 53.2 Å². The van der Waals surface area contributed by atoms with E-state index in [9.17, 15) is 14.7 Å². The van der Waals surface area contributed by atoms with Crippen molar-refractivity contribution >= 4 is 34.8 Å². The van der Waals surface area contributed by atoms with E-state index in [2.05, 4.69) is 5.32 Å². The molecule has 1 heterocycles. The quantitative estimate of drug-likeness (QED) is 0.618. The first kappa shape index (κ1) is 17.6. The number of phenolic OH excluding ortho intramolecular Hbond substituents is 1. The van der Waals surface area contributed by atoms with E-state index in [-0.39, 0.29) is 27.9 Å². The molecule has 0 saturated carbocycles. The van der Waals surface area contributed by atoms with Crippen molar-refractivity contribution in [3.8, 4) is 17.2 Å². The summed E-state index contributed by atoms with van der Waals surface area (Å²) in [4.78, 5) is 26.3. The van der Waals surface area contributed by atoms with Crippen LogP contribution in [0.4, 0.5) is 11.4 Å². The van der Waals surface area contributed by atoms with Crippen LogP contribution in [0, 0.1) is 0 Å². The summed E-state index contributed by atoms with van der Waals surface area (Å²) in [6.45, 7) is 0. The third kappa shape index (κ3) is 2.93. The number of nitrogens with zero attached hydrogens (tertiary/aromatic N) is 1. The standard InChI is InChI=1S/C18H15ClN2O5/c1-25-10-7-8-14(26-2)12(9-10)21-17(23)15(19)16(18(21)24)20-11-5-3-4-6-13(11)22/h3-9,20,22H,1-2H3. The number of rotatable bonds is 5. The lowest BCUT2D eigenvalue weighted by atomic mass is 10.2. The molecule has 0 saturated heterocycles. The topological polar surface area (TPSA) is 88.1 Å². The second-order valence-corrected chi connectivity index (χ2v) is 5.69. The van der Waals surface area contributed by atoms with Crippen LogP contribution in [0.25, 0.3) is 0 Å². The number of para-hydroxylation sites is 2. The van der Waals surface area contributed by atoms with E-state index in [1.807, 2.05) is 0 Å². The summed E-state index contributed by atoms with van der Waals surface area (Å²) >= 11 is 6.09. The molecule has 0 aliphatic carbocycles. The molecule has 0 radical (unpaired) electrons. The maximum absolute atomic E-state index is 12.8. The number of hydrogen-bond acceptors (Lipinski definition) is 6. The number of ether oxygens (including phenoxy) is 2. The van der Waals surface area contributed by atoms with Gasteiger partial charge in [-0.25, -0.2) is 4.90 Å². The van der Waals surface area contributed by atoms with Gasteiger partial charge < -0.3 is 19.9 Å². The van der Waals surface area contributed by atoms with Gasteiger partial charge in [0.25, 0.3) is 11.8 Å². The predicted octanol–water partition coefficient (Wildman–Crippen LogP) is 2.85. The molecule has 0 aromatic heterocycles. The molecule has 8 heteroatoms. The van der Waals surface area contributed by atoms with E-state index in [0.29, 0.717) is 11.5 Å². The number of halogens is 1. The van der Waals surface area contributed by atoms with Crippen LogP contribution in [0.15, 0.2) is 53.2 Å². The Morgan fingerprint density at radius 3 is 2.42 bits per heavy atom. The lowest BCUT2D eigenvalue weighted by Gasteiger charge is -2.19. The molecule has 7 nitrogen and oxygen atoms in total. The molecule has 2 N–H and O–H groups in total. The number of carbonyl (C=O) groups excluding carboxylic acids is 2. The van der Waals surface area contributed by atoms with Crippen LogP contribution in [-0.2, 0) is 9.59 Å². The molecule has 1 aliphatic heterocycles. The van der Waals surface area contributed by atoms with Crippen LogP contribution in [0.5, 0.6) is 17.2 Å². The number of carbonyl (C=O) groups is 2. The third-order valence-electron chi connectivity index (χ3n) is 3.82. The maximum atomic E-state index is 12.8. The zero-order chi connectivity index (χ0) is 18.8. The average Bonchev–Trinajstić information content (AvgIpc) is 2.86. The Balaban J connectivity index is 2.00. The fourth-order valence-electron chi connectivity index (χ4n) is 2.52. The van der Waals surface area contributed by atoms with Gasteiger partial charge in [0, 0.05) is 6.07 Å². The zero-order valence-electron chi connectivity index (χ0n) is 13.9. The van der Waals surface area contributed by atoms with Crippen molar-refractivity contribution in [3.63, 3.8) is 0 Å². The Hall–Kier alpha value is -3.19. The normalized spacial score (nSPS) is 14.0. The molecule has 26 heavy (non-hydrogen) atoms. The SMILES string of the molecule is COc1ccc(OC)c(N2C(=O)C(Cl)=C(Nc3ccccc3O)C2=O)c1. The molecule has 1 aliphatic rings. The highest BCUT2D eigenvalue weighted by molar-refractivity contribution is 6.53. The highest BCUT2D eigenvalue weighted by atomic mass is 35.5. The minimum atomic E-state index is -0.707. The van der Waals surface area contributed by atoms with Gasteiger partial charge in [0.2, 0.25) is 0 Å². The van der Waals surface area contributed by atoms with Crippen molar-refractivity contribution in [2.45, 2.75) is 0 Å². The van der Waals surface area contributed by atoms with Crippen molar-refractivity contribution in [2.24, 2.45) is 0 Å². The predicted molar refractivity (Wildman–Crippen MR) is 96.6 cm³/mol. The minimum Gasteiger partial charge on any atom is -0.506 e. The van der Waals surface area contributed by atoms with Gasteiger partial charge in [-0.3, -0.25) is 9.59 Å². The number of nitrogens with one attached hydrogen (secondary N) is 1. The number of anilines is 2. The van der Waals surface area contributed by atoms with Gasteiger partial charge in [-0.05, 0) is 24.3 Å². The molecule has 134 valence electrons. The summed E-state index contributed by atoms with van der Waals surface area (Å²) in [5.41, 5.74) is 0.318. The largest absolute Gasteiger partial charge is 0.506 e. The van der Waals surface area contributed by atoms with Crippen LogP contribution in [0.1, 0.15) is 0 Å². The third-order valence-corrected chi connectivity index (χ3v) is 4.17. The lowest BCUT2D eigenvalue weighted by Crippen LogP contribution is -2.32. The van der Waals surface area contributed by atoms with Crippen LogP contribution in [-0.4, -0.2) is 31.1 Å². The first-order valence-electron chi connectivity index (χ1n) is 7.53. The van der Waals surface area contributed by atoms with Gasteiger partial charge in [0.05, 0.1) is 25.6 Å². The summed E-state index contributed by atoms with van der Waals surface area (Å²) in [5.74, 6) is -0.710. The van der Waals surface area contributed by atoms with Gasteiger partial charge in [-0.1, -0.05) is 23.7 Å². The number of imide groups is 1. The summed E-state index contributed by atoms with van der Waals surface area (Å²) in [6.07, 6.45) is 0. The van der Waals surface area contributed by atoms with E-state index in [1.54, 1.807) is 30.3 Å². The lowest BCUT2D eigenvalue weighted by molar-refractivity contribution is -0.120. The summed E-state index contributed by atoms with van der Waals surface area (Å²) in [7, 11) is 2.89. The monoisotopic (exact) mass is 374 g/mol. The second kappa shape index (κ2) is 6.97. The second-order valence-electron chi connectivity index (χ2n) is 5.31. The number of methoxy groups -OCH3 is 2. The highest BCUT2D eigenvalue weighted by Crippen LogP contribution is 2.38. The summed E-state index contributed by atoms with van der Waals surface area (Å²) in [5, 5.41) is 12.3. The van der Waals surface area contributed by atoms with Gasteiger partial charge >= 0.3 is 0 Å². The first-order chi connectivity index (χ1) is 12.5. The van der Waals surface area contributed by atoms with E-state index in [1.165, 1.54) is 26.4 Å². The zero-order valence-corrected chi connectivity index (χ0v) is 14.7. The average molecular weight is 375 g/mol. The van der Waals surface area contributed by atoms with Crippen molar-refractivity contribution in [1.29, 1.82) is 0 Å². The Bertz CT molecular complexity index is 926. The first-order valence-corrected chi connectivity index (χ1v) is 7.91. The molecular formula is C18H15ClN2O5. The molecule has 0 bridgehead atoms. The van der Waals surface area contributed by atoms with Crippen LogP contribution >= 0.6 is 11.6 Å². The summed E-state index contributed by atoms with van der Waals surface area (Å²) in [6, 6.07) is 11.0. The highest BCUT2D eigenvalue weighted by Gasteiger charge is 2.40. The molecule has 2 aromatic rings. The Morgan fingerprint density at radius 1 is 1.04 bits per heavy atom. The number of hydrogen-bond donors (Lipinski definition) is 2. The maximum Gasteiger partial charge on any atom is 0.283 e. The van der Waals surface area contributed by atoms with Crippen molar-refractivity contribution < 1.29 is 24.2 Å². The molecule has 2 amide bonds. The van der Waals surface area contributed by atoms with Crippen LogP contribution in [0.2, 0.25) is 0 Å². The van der Waals surface area contributed by atoms with Gasteiger partial charge in [-0.15, -0.1) is 0 Å². The number of benzene rings is 2. The fourth-order valence-corrected chi connectivity index (χ4v) is 2.73. The van der Waals surface area contributed by atoms with Crippen LogP contribution in [0.3, 0.4) is 0 Å². The Labute approximate surface area is 154 Å². The van der Waals surface area contributed by atoms with E-state index >= 15 is 0 Å². The van der Waals surface area contributed by atoms with Gasteiger partial charge in [0.15, 0.2) is 0 Å². The fraction of sp³-hybridized carbons (Fsp3) is 0.111. The van der Waals surface area contributed by atoms with E-state index < -0.39 is 11.8 Å². The van der Waals surface area contributed by atoms with E-state index in [0.717, 1.165) is 4.90 Å². The number of amides is 2. The molecule has 0 spiro atoms.